The highest BCUT2D eigenvalue weighted by Crippen LogP contribution is 2.18. The van der Waals surface area contributed by atoms with Crippen LogP contribution in [0.25, 0.3) is 0 Å². The molecular weight excluding hydrogens is 273 g/mol. The molecule has 3 N–H and O–H groups in total. The molecule has 0 fully saturated rings. The number of benzene rings is 1. The smallest absolute Gasteiger partial charge is 0.219 e. The Kier molecular flexibility index (Phi) is 6.78. The molecule has 96 valence electrons. The number of amidine groups is 1. The van der Waals surface area contributed by atoms with E-state index in [2.05, 4.69) is 4.98 Å². The lowest BCUT2D eigenvalue weighted by Gasteiger charge is -2.04. The first kappa shape index (κ1) is 16.2. The van der Waals surface area contributed by atoms with Crippen molar-refractivity contribution in [3.05, 3.63) is 54.2 Å². The Morgan fingerprint density at radius 3 is 2.22 bits per heavy atom. The van der Waals surface area contributed by atoms with Gasteiger partial charge in [-0.3, -0.25) is 5.41 Å². The quantitative estimate of drug-likeness (QED) is 0.673. The predicted octanol–water partition coefficient (Wildman–Crippen LogP) is 3.00. The fraction of sp³-hybridized carbons (Fsp3) is 0. The van der Waals surface area contributed by atoms with E-state index in [4.69, 9.17) is 15.9 Å². The summed E-state index contributed by atoms with van der Waals surface area (Å²) >= 11 is 0. The predicted molar refractivity (Wildman–Crippen MR) is 76.3 cm³/mol. The number of nitrogens with zero attached hydrogens (tertiary/aromatic N) is 1. The lowest BCUT2D eigenvalue weighted by atomic mass is 10.3. The van der Waals surface area contributed by atoms with E-state index in [1.165, 1.54) is 6.20 Å². The van der Waals surface area contributed by atoms with E-state index < -0.39 is 0 Å². The molecule has 2 aromatic rings. The van der Waals surface area contributed by atoms with Gasteiger partial charge in [-0.2, -0.15) is 0 Å². The number of aromatic nitrogens is 1. The lowest BCUT2D eigenvalue weighted by Crippen LogP contribution is -2.11. The zero-order valence-electron chi connectivity index (χ0n) is 9.37. The number of nitrogen functional groups attached to an aromatic ring is 1. The molecule has 0 spiro atoms. The van der Waals surface area contributed by atoms with Gasteiger partial charge in [0.2, 0.25) is 5.88 Å². The largest absolute Gasteiger partial charge is 0.439 e. The molecular formula is C12H13Cl2N3O. The van der Waals surface area contributed by atoms with Crippen molar-refractivity contribution in [3.8, 4) is 11.6 Å². The second-order valence-electron chi connectivity index (χ2n) is 3.21. The molecule has 1 heterocycles. The third-order valence-electron chi connectivity index (χ3n) is 2.01. The zero-order valence-corrected chi connectivity index (χ0v) is 11.0. The van der Waals surface area contributed by atoms with Gasteiger partial charge < -0.3 is 10.5 Å². The van der Waals surface area contributed by atoms with Gasteiger partial charge in [0.25, 0.3) is 0 Å². The van der Waals surface area contributed by atoms with E-state index in [1.807, 2.05) is 30.3 Å². The van der Waals surface area contributed by atoms with E-state index in [-0.39, 0.29) is 30.6 Å². The van der Waals surface area contributed by atoms with E-state index in [1.54, 1.807) is 12.1 Å². The van der Waals surface area contributed by atoms with E-state index in [9.17, 15) is 0 Å². The minimum absolute atomic E-state index is 0. The van der Waals surface area contributed by atoms with Crippen molar-refractivity contribution < 1.29 is 4.74 Å². The van der Waals surface area contributed by atoms with Gasteiger partial charge in [-0.05, 0) is 18.2 Å². The summed E-state index contributed by atoms with van der Waals surface area (Å²) in [4.78, 5) is 4.05. The fourth-order valence-electron chi connectivity index (χ4n) is 1.21. The lowest BCUT2D eigenvalue weighted by molar-refractivity contribution is 0.463. The summed E-state index contributed by atoms with van der Waals surface area (Å²) in [5.74, 6) is 1.21. The van der Waals surface area contributed by atoms with Crippen LogP contribution in [0.1, 0.15) is 5.56 Å². The molecule has 0 bridgehead atoms. The first-order valence-electron chi connectivity index (χ1n) is 4.79. The van der Waals surface area contributed by atoms with Gasteiger partial charge >= 0.3 is 0 Å². The number of hydrogen-bond acceptors (Lipinski definition) is 3. The molecule has 0 amide bonds. The first-order chi connectivity index (χ1) is 7.75. The van der Waals surface area contributed by atoms with Gasteiger partial charge in [-0.15, -0.1) is 24.8 Å². The topological polar surface area (TPSA) is 72.0 Å². The molecule has 6 heteroatoms. The van der Waals surface area contributed by atoms with Crippen LogP contribution in [-0.4, -0.2) is 10.8 Å². The summed E-state index contributed by atoms with van der Waals surface area (Å²) in [5, 5.41) is 7.22. The summed E-state index contributed by atoms with van der Waals surface area (Å²) in [6.07, 6.45) is 1.51. The molecule has 0 aliphatic carbocycles. The molecule has 0 aliphatic rings. The Balaban J connectivity index is 0.00000144. The Bertz CT molecular complexity index is 488. The monoisotopic (exact) mass is 285 g/mol. The maximum atomic E-state index is 7.22. The normalized spacial score (nSPS) is 8.67. The summed E-state index contributed by atoms with van der Waals surface area (Å²) in [5.41, 5.74) is 5.90. The van der Waals surface area contributed by atoms with Crippen LogP contribution in [0.4, 0.5) is 0 Å². The summed E-state index contributed by atoms with van der Waals surface area (Å²) < 4.78 is 5.49. The molecule has 0 atom stereocenters. The highest BCUT2D eigenvalue weighted by molar-refractivity contribution is 5.94. The van der Waals surface area contributed by atoms with Crippen LogP contribution in [0.15, 0.2) is 48.7 Å². The van der Waals surface area contributed by atoms with Crippen LogP contribution >= 0.6 is 24.8 Å². The maximum absolute atomic E-state index is 7.22. The number of nitrogens with one attached hydrogen (secondary N) is 1. The molecule has 0 saturated heterocycles. The molecule has 1 aromatic heterocycles. The average Bonchev–Trinajstić information content (AvgIpc) is 2.31. The second-order valence-corrected chi connectivity index (χ2v) is 3.21. The van der Waals surface area contributed by atoms with Crippen molar-refractivity contribution in [2.24, 2.45) is 5.73 Å². The Morgan fingerprint density at radius 1 is 1.06 bits per heavy atom. The number of para-hydroxylation sites is 1. The van der Waals surface area contributed by atoms with Crippen LogP contribution in [0.2, 0.25) is 0 Å². The zero-order chi connectivity index (χ0) is 11.4. The van der Waals surface area contributed by atoms with E-state index >= 15 is 0 Å². The van der Waals surface area contributed by atoms with E-state index in [0.29, 0.717) is 11.4 Å². The third-order valence-corrected chi connectivity index (χ3v) is 2.01. The number of ether oxygens (including phenoxy) is 1. The van der Waals surface area contributed by atoms with Crippen molar-refractivity contribution in [2.45, 2.75) is 0 Å². The first-order valence-corrected chi connectivity index (χ1v) is 4.79. The Labute approximate surface area is 118 Å². The van der Waals surface area contributed by atoms with Crippen LogP contribution in [0, 0.1) is 5.41 Å². The minimum Gasteiger partial charge on any atom is -0.439 e. The van der Waals surface area contributed by atoms with Crippen molar-refractivity contribution in [3.63, 3.8) is 0 Å². The van der Waals surface area contributed by atoms with Gasteiger partial charge in [-0.1, -0.05) is 18.2 Å². The van der Waals surface area contributed by atoms with Gasteiger partial charge in [0.05, 0.1) is 0 Å². The number of nitrogens with two attached hydrogens (primary N) is 1. The molecule has 0 unspecified atom stereocenters. The second kappa shape index (κ2) is 7.53. The average molecular weight is 286 g/mol. The Hall–Kier alpha value is -1.78. The van der Waals surface area contributed by atoms with Crippen LogP contribution < -0.4 is 10.5 Å². The number of rotatable bonds is 3. The molecule has 2 rings (SSSR count). The summed E-state index contributed by atoms with van der Waals surface area (Å²) in [6, 6.07) is 12.8. The van der Waals surface area contributed by atoms with Crippen molar-refractivity contribution in [1.29, 1.82) is 5.41 Å². The van der Waals surface area contributed by atoms with Gasteiger partial charge in [0.1, 0.15) is 11.6 Å². The fourth-order valence-corrected chi connectivity index (χ4v) is 1.21. The molecule has 0 saturated carbocycles. The Morgan fingerprint density at radius 2 is 1.72 bits per heavy atom. The van der Waals surface area contributed by atoms with Crippen LogP contribution in [0.5, 0.6) is 11.6 Å². The minimum atomic E-state index is -0.00115. The van der Waals surface area contributed by atoms with Crippen molar-refractivity contribution in [2.75, 3.05) is 0 Å². The number of halogens is 2. The molecule has 1 aromatic carbocycles. The third kappa shape index (κ3) is 4.24. The number of pyridine rings is 1. The highest BCUT2D eigenvalue weighted by atomic mass is 35.5. The maximum Gasteiger partial charge on any atom is 0.219 e. The van der Waals surface area contributed by atoms with Gasteiger partial charge in [0, 0.05) is 17.8 Å². The van der Waals surface area contributed by atoms with E-state index in [0.717, 1.165) is 5.75 Å². The van der Waals surface area contributed by atoms with Gasteiger partial charge in [0.15, 0.2) is 0 Å². The van der Waals surface area contributed by atoms with Gasteiger partial charge in [-0.25, -0.2) is 4.98 Å². The summed E-state index contributed by atoms with van der Waals surface area (Å²) in [6.45, 7) is 0. The van der Waals surface area contributed by atoms with Crippen LogP contribution in [0.3, 0.4) is 0 Å². The highest BCUT2D eigenvalue weighted by Gasteiger charge is 2.00. The van der Waals surface area contributed by atoms with Crippen molar-refractivity contribution >= 4 is 30.6 Å². The SMILES string of the molecule is Cl.Cl.N=C(N)c1ccc(Oc2ccccc2)nc1. The molecule has 0 aliphatic heterocycles. The van der Waals surface area contributed by atoms with Crippen LogP contribution in [-0.2, 0) is 0 Å². The number of hydrogen-bond donors (Lipinski definition) is 2. The standard InChI is InChI=1S/C12H11N3O.2ClH/c13-12(14)9-6-7-11(15-8-9)16-10-4-2-1-3-5-10;;/h1-8H,(H3,13,14);2*1H. The molecule has 4 nitrogen and oxygen atoms in total. The molecule has 18 heavy (non-hydrogen) atoms. The van der Waals surface area contributed by atoms with Crippen molar-refractivity contribution in [1.82, 2.24) is 4.98 Å². The molecule has 0 radical (unpaired) electrons. The summed E-state index contributed by atoms with van der Waals surface area (Å²) in [7, 11) is 0.